The number of hydrogen-bond donors (Lipinski definition) is 2. The highest BCUT2D eigenvalue weighted by molar-refractivity contribution is 6.02. The van der Waals surface area contributed by atoms with Crippen molar-refractivity contribution >= 4 is 33.6 Å². The molecule has 2 N–H and O–H groups in total. The van der Waals surface area contributed by atoms with Crippen LogP contribution in [0.1, 0.15) is 19.0 Å². The Hall–Kier alpha value is -3.46. The minimum atomic E-state index is -4.65. The monoisotopic (exact) mass is 488 g/mol. The maximum absolute atomic E-state index is 13.7. The summed E-state index contributed by atoms with van der Waals surface area (Å²) in [4.78, 5) is 17.7. The number of benzene rings is 2. The first kappa shape index (κ1) is 26.2. The molecule has 5 nitrogen and oxygen atoms in total. The Labute approximate surface area is 201 Å². The van der Waals surface area contributed by atoms with Crippen molar-refractivity contribution in [2.75, 3.05) is 44.0 Å². The van der Waals surface area contributed by atoms with E-state index in [1.807, 2.05) is 11.9 Å². The summed E-state index contributed by atoms with van der Waals surface area (Å²) in [7, 11) is 1.83. The lowest BCUT2D eigenvalue weighted by atomic mass is 10.00. The molecule has 1 aromatic heterocycles. The fourth-order valence-corrected chi connectivity index (χ4v) is 3.73. The number of nitrogens with one attached hydrogen (secondary N) is 2. The molecule has 0 aliphatic carbocycles. The third-order valence-electron chi connectivity index (χ3n) is 5.48. The number of aromatic nitrogens is 1. The second kappa shape index (κ2) is 11.3. The normalized spacial score (nSPS) is 11.6. The van der Waals surface area contributed by atoms with Gasteiger partial charge >= 0.3 is 6.18 Å². The molecule has 3 aromatic rings. The Bertz CT molecular complexity index is 1210. The van der Waals surface area contributed by atoms with Gasteiger partial charge in [-0.1, -0.05) is 30.8 Å². The first-order valence-corrected chi connectivity index (χ1v) is 11.2. The highest BCUT2D eigenvalue weighted by Crippen LogP contribution is 2.38. The minimum absolute atomic E-state index is 0.249. The lowest BCUT2D eigenvalue weighted by Gasteiger charge is -2.18. The van der Waals surface area contributed by atoms with Gasteiger partial charge in [-0.05, 0) is 44.3 Å². The van der Waals surface area contributed by atoms with E-state index in [2.05, 4.69) is 22.2 Å². The van der Waals surface area contributed by atoms with E-state index in [1.165, 1.54) is 6.92 Å². The zero-order valence-corrected chi connectivity index (χ0v) is 19.7. The summed E-state index contributed by atoms with van der Waals surface area (Å²) in [6, 6.07) is 13.6. The van der Waals surface area contributed by atoms with Crippen LogP contribution in [-0.4, -0.2) is 55.3 Å². The number of hydrogen-bond acceptors (Lipinski definition) is 4. The van der Waals surface area contributed by atoms with E-state index in [9.17, 15) is 22.4 Å². The van der Waals surface area contributed by atoms with Gasteiger partial charge in [0.15, 0.2) is 0 Å². The SMILES string of the molecule is C=C(c1nc(-c2cccc(NC(C)=O)c2)cc2c(NCCCN(C)CCF)cccc12)C(F)(F)F. The van der Waals surface area contributed by atoms with Crippen LogP contribution in [0.5, 0.6) is 0 Å². The number of anilines is 2. The number of fused-ring (bicyclic) bond motifs is 1. The molecule has 0 spiro atoms. The molecule has 1 heterocycles. The second-order valence-electron chi connectivity index (χ2n) is 8.27. The van der Waals surface area contributed by atoms with Gasteiger partial charge in [0.2, 0.25) is 5.91 Å². The van der Waals surface area contributed by atoms with E-state index in [4.69, 9.17) is 0 Å². The Morgan fingerprint density at radius 1 is 1.09 bits per heavy atom. The van der Waals surface area contributed by atoms with Gasteiger partial charge in [0.25, 0.3) is 0 Å². The molecule has 0 fully saturated rings. The molecule has 0 saturated heterocycles. The van der Waals surface area contributed by atoms with Crippen LogP contribution in [0, 0.1) is 0 Å². The van der Waals surface area contributed by atoms with Gasteiger partial charge in [-0.25, -0.2) is 9.37 Å². The molecule has 0 bridgehead atoms. The Balaban J connectivity index is 2.04. The van der Waals surface area contributed by atoms with Crippen molar-refractivity contribution < 1.29 is 22.4 Å². The Morgan fingerprint density at radius 2 is 1.83 bits per heavy atom. The topological polar surface area (TPSA) is 57.3 Å². The van der Waals surface area contributed by atoms with Gasteiger partial charge in [0.05, 0.1) is 17.0 Å². The quantitative estimate of drug-likeness (QED) is 0.266. The highest BCUT2D eigenvalue weighted by atomic mass is 19.4. The van der Waals surface area contributed by atoms with Gasteiger partial charge in [-0.2, -0.15) is 13.2 Å². The Kier molecular flexibility index (Phi) is 8.45. The summed E-state index contributed by atoms with van der Waals surface area (Å²) in [5.74, 6) is -0.261. The van der Waals surface area contributed by atoms with Crippen molar-refractivity contribution in [3.63, 3.8) is 0 Å². The maximum Gasteiger partial charge on any atom is 0.417 e. The van der Waals surface area contributed by atoms with Crippen LogP contribution in [0.25, 0.3) is 27.6 Å². The number of amides is 1. The average molecular weight is 489 g/mol. The largest absolute Gasteiger partial charge is 0.417 e. The first-order chi connectivity index (χ1) is 16.6. The summed E-state index contributed by atoms with van der Waals surface area (Å²) in [6.07, 6.45) is -3.92. The lowest BCUT2D eigenvalue weighted by molar-refractivity contribution is -0.114. The van der Waals surface area contributed by atoms with Crippen LogP contribution < -0.4 is 10.6 Å². The smallest absolute Gasteiger partial charge is 0.384 e. The number of nitrogens with zero attached hydrogens (tertiary/aromatic N) is 2. The fraction of sp³-hybridized carbons (Fsp3) is 0.308. The van der Waals surface area contributed by atoms with Crippen LogP contribution >= 0.6 is 0 Å². The van der Waals surface area contributed by atoms with Gasteiger partial charge in [-0.15, -0.1) is 0 Å². The lowest BCUT2D eigenvalue weighted by Crippen LogP contribution is -2.23. The van der Waals surface area contributed by atoms with E-state index in [0.717, 1.165) is 6.42 Å². The van der Waals surface area contributed by atoms with Crippen LogP contribution in [0.3, 0.4) is 0 Å². The zero-order valence-electron chi connectivity index (χ0n) is 19.7. The molecule has 0 aliphatic heterocycles. The molecular weight excluding hydrogens is 460 g/mol. The number of rotatable bonds is 10. The van der Waals surface area contributed by atoms with Crippen molar-refractivity contribution in [3.05, 3.63) is 60.8 Å². The van der Waals surface area contributed by atoms with E-state index >= 15 is 0 Å². The number of carbonyl (C=O) groups is 1. The molecule has 0 unspecified atom stereocenters. The van der Waals surface area contributed by atoms with E-state index in [-0.39, 0.29) is 11.6 Å². The standard InChI is InChI=1S/C26H28F4N4O/c1-17(26(28,29)30)25-21-9-5-10-23(31-12-6-13-34(3)14-11-27)22(21)16-24(33-25)19-7-4-8-20(15-19)32-18(2)35/h4-5,7-10,15-16,31H,1,6,11-14H2,2-3H3,(H,32,35). The molecule has 0 radical (unpaired) electrons. The molecule has 3 rings (SSSR count). The van der Waals surface area contributed by atoms with Crippen molar-refractivity contribution in [2.45, 2.75) is 19.5 Å². The van der Waals surface area contributed by atoms with Crippen LogP contribution in [0.4, 0.5) is 28.9 Å². The van der Waals surface area contributed by atoms with E-state index in [1.54, 1.807) is 48.5 Å². The summed E-state index contributed by atoms with van der Waals surface area (Å²) >= 11 is 0. The fourth-order valence-electron chi connectivity index (χ4n) is 3.73. The summed E-state index contributed by atoms with van der Waals surface area (Å²) in [5, 5.41) is 6.86. The first-order valence-electron chi connectivity index (χ1n) is 11.2. The predicted molar refractivity (Wildman–Crippen MR) is 133 cm³/mol. The average Bonchev–Trinajstić information content (AvgIpc) is 2.80. The van der Waals surface area contributed by atoms with Gasteiger partial charge in [-0.3, -0.25) is 4.79 Å². The molecule has 1 amide bonds. The van der Waals surface area contributed by atoms with E-state index in [0.29, 0.717) is 53.0 Å². The Morgan fingerprint density at radius 3 is 2.51 bits per heavy atom. The van der Waals surface area contributed by atoms with Gasteiger partial charge in [0.1, 0.15) is 6.67 Å². The summed E-state index contributed by atoms with van der Waals surface area (Å²) < 4.78 is 53.4. The number of pyridine rings is 1. The van der Waals surface area contributed by atoms with Gasteiger partial charge in [0, 0.05) is 47.7 Å². The third kappa shape index (κ3) is 6.79. The van der Waals surface area contributed by atoms with Crippen molar-refractivity contribution in [1.82, 2.24) is 9.88 Å². The van der Waals surface area contributed by atoms with Crippen molar-refractivity contribution in [3.8, 4) is 11.3 Å². The molecule has 0 atom stereocenters. The van der Waals surface area contributed by atoms with Crippen molar-refractivity contribution in [1.29, 1.82) is 0 Å². The summed E-state index contributed by atoms with van der Waals surface area (Å²) in [6.45, 7) is 5.82. The minimum Gasteiger partial charge on any atom is -0.384 e. The molecular formula is C26H28F4N4O. The van der Waals surface area contributed by atoms with Gasteiger partial charge < -0.3 is 15.5 Å². The number of halogens is 4. The molecule has 186 valence electrons. The predicted octanol–water partition coefficient (Wildman–Crippen LogP) is 6.14. The molecule has 35 heavy (non-hydrogen) atoms. The highest BCUT2D eigenvalue weighted by Gasteiger charge is 2.35. The number of alkyl halides is 4. The third-order valence-corrected chi connectivity index (χ3v) is 5.48. The number of carbonyl (C=O) groups excluding carboxylic acids is 1. The maximum atomic E-state index is 13.7. The van der Waals surface area contributed by atoms with Crippen LogP contribution in [-0.2, 0) is 4.79 Å². The van der Waals surface area contributed by atoms with Crippen LogP contribution in [0.2, 0.25) is 0 Å². The van der Waals surface area contributed by atoms with Crippen LogP contribution in [0.15, 0.2) is 55.1 Å². The van der Waals surface area contributed by atoms with E-state index < -0.39 is 18.4 Å². The van der Waals surface area contributed by atoms with Crippen molar-refractivity contribution in [2.24, 2.45) is 0 Å². The molecule has 2 aromatic carbocycles. The number of allylic oxidation sites excluding steroid dienone is 1. The molecule has 9 heteroatoms. The molecule has 0 aliphatic rings. The molecule has 0 saturated carbocycles. The zero-order chi connectivity index (χ0) is 25.6. The second-order valence-corrected chi connectivity index (χ2v) is 8.27. The summed E-state index contributed by atoms with van der Waals surface area (Å²) in [5.41, 5.74) is 0.762.